The van der Waals surface area contributed by atoms with Crippen molar-refractivity contribution in [2.75, 3.05) is 0 Å². The Morgan fingerprint density at radius 2 is 1.12 bits per heavy atom. The van der Waals surface area contributed by atoms with Crippen molar-refractivity contribution < 1.29 is 4.42 Å². The summed E-state index contributed by atoms with van der Waals surface area (Å²) in [5, 5.41) is 9.54. The van der Waals surface area contributed by atoms with Crippen molar-refractivity contribution in [3.8, 4) is 33.9 Å². The zero-order valence-electron chi connectivity index (χ0n) is 23.2. The first kappa shape index (κ1) is 23.9. The predicted octanol–water partition coefficient (Wildman–Crippen LogP) is 10.8. The minimum Gasteiger partial charge on any atom is -0.456 e. The summed E-state index contributed by atoms with van der Waals surface area (Å²) in [6.45, 7) is 0. The van der Waals surface area contributed by atoms with Crippen LogP contribution in [0.3, 0.4) is 0 Å². The van der Waals surface area contributed by atoms with E-state index in [2.05, 4.69) is 103 Å². The van der Waals surface area contributed by atoms with E-state index in [0.29, 0.717) is 5.82 Å². The quantitative estimate of drug-likeness (QED) is 0.163. The highest BCUT2D eigenvalue weighted by Gasteiger charge is 2.15. The highest BCUT2D eigenvalue weighted by atomic mass is 16.3. The second-order valence-corrected chi connectivity index (χ2v) is 11.0. The van der Waals surface area contributed by atoms with E-state index in [0.717, 1.165) is 50.0 Å². The Balaban J connectivity index is 1.29. The maximum atomic E-state index is 6.11. The standard InChI is InChI=1S/C40H24N2O/c1-2-9-25(10-3-1)40-41-36(29-18-20-39-35(23-29)33-13-6-7-16-38(33)43-39)24-37(42-40)32-15-8-14-30-31(32)19-17-28-21-26-11-4-5-12-27(26)22-34(28)30/h1-24H. The molecular weight excluding hydrogens is 524 g/mol. The summed E-state index contributed by atoms with van der Waals surface area (Å²) in [4.78, 5) is 10.2. The van der Waals surface area contributed by atoms with Crippen molar-refractivity contribution in [1.29, 1.82) is 0 Å². The van der Waals surface area contributed by atoms with Crippen LogP contribution in [0.5, 0.6) is 0 Å². The first-order chi connectivity index (χ1) is 21.3. The van der Waals surface area contributed by atoms with Crippen LogP contribution in [0.15, 0.2) is 150 Å². The maximum absolute atomic E-state index is 6.11. The summed E-state index contributed by atoms with van der Waals surface area (Å²) in [5.41, 5.74) is 6.62. The fourth-order valence-electron chi connectivity index (χ4n) is 6.34. The van der Waals surface area contributed by atoms with E-state index < -0.39 is 0 Å². The third-order valence-corrected chi connectivity index (χ3v) is 8.45. The molecule has 0 unspecified atom stereocenters. The van der Waals surface area contributed by atoms with Crippen molar-refractivity contribution in [2.45, 2.75) is 0 Å². The van der Waals surface area contributed by atoms with Crippen LogP contribution >= 0.6 is 0 Å². The first-order valence-corrected chi connectivity index (χ1v) is 14.5. The summed E-state index contributed by atoms with van der Waals surface area (Å²) in [7, 11) is 0. The van der Waals surface area contributed by atoms with Gasteiger partial charge in [0.25, 0.3) is 0 Å². The number of hydrogen-bond acceptors (Lipinski definition) is 3. The second kappa shape index (κ2) is 9.37. The van der Waals surface area contributed by atoms with E-state index in [4.69, 9.17) is 14.4 Å². The molecule has 200 valence electrons. The Hall–Kier alpha value is -5.80. The summed E-state index contributed by atoms with van der Waals surface area (Å²) >= 11 is 0. The van der Waals surface area contributed by atoms with Crippen LogP contribution in [0.4, 0.5) is 0 Å². The SMILES string of the molecule is c1ccc(-c2nc(-c3ccc4oc5ccccc5c4c3)cc(-c3cccc4c3ccc3cc5ccccc5cc34)n2)cc1. The normalized spacial score (nSPS) is 11.7. The molecule has 2 aromatic heterocycles. The maximum Gasteiger partial charge on any atom is 0.160 e. The monoisotopic (exact) mass is 548 g/mol. The molecule has 0 saturated carbocycles. The zero-order valence-corrected chi connectivity index (χ0v) is 23.2. The number of nitrogens with zero attached hydrogens (tertiary/aromatic N) is 2. The molecule has 0 aliphatic carbocycles. The van der Waals surface area contributed by atoms with Gasteiger partial charge in [-0.2, -0.15) is 0 Å². The van der Waals surface area contributed by atoms with Gasteiger partial charge < -0.3 is 4.42 Å². The first-order valence-electron chi connectivity index (χ1n) is 14.5. The van der Waals surface area contributed by atoms with Crippen LogP contribution < -0.4 is 0 Å². The van der Waals surface area contributed by atoms with Gasteiger partial charge in [0.15, 0.2) is 5.82 Å². The molecule has 0 spiro atoms. The van der Waals surface area contributed by atoms with Crippen molar-refractivity contribution in [3.63, 3.8) is 0 Å². The second-order valence-electron chi connectivity index (χ2n) is 11.0. The molecule has 0 saturated heterocycles. The smallest absolute Gasteiger partial charge is 0.160 e. The van der Waals surface area contributed by atoms with E-state index >= 15 is 0 Å². The molecule has 0 atom stereocenters. The van der Waals surface area contributed by atoms with Gasteiger partial charge in [0.05, 0.1) is 11.4 Å². The largest absolute Gasteiger partial charge is 0.456 e. The van der Waals surface area contributed by atoms with E-state index in [1.54, 1.807) is 0 Å². The topological polar surface area (TPSA) is 38.9 Å². The average molecular weight is 549 g/mol. The van der Waals surface area contributed by atoms with Gasteiger partial charge in [-0.05, 0) is 74.8 Å². The lowest BCUT2D eigenvalue weighted by molar-refractivity contribution is 0.669. The zero-order chi connectivity index (χ0) is 28.3. The van der Waals surface area contributed by atoms with E-state index in [1.165, 1.54) is 32.3 Å². The molecule has 43 heavy (non-hydrogen) atoms. The van der Waals surface area contributed by atoms with Crippen LogP contribution in [0, 0.1) is 0 Å². The number of aromatic nitrogens is 2. The number of benzene rings is 7. The molecule has 0 aliphatic heterocycles. The Bertz CT molecular complexity index is 2510. The van der Waals surface area contributed by atoms with Crippen molar-refractivity contribution >= 4 is 54.3 Å². The van der Waals surface area contributed by atoms with Crippen molar-refractivity contribution in [3.05, 3.63) is 146 Å². The Labute approximate surface area is 247 Å². The number of rotatable bonds is 3. The van der Waals surface area contributed by atoms with Crippen LogP contribution in [0.25, 0.3) is 88.2 Å². The molecule has 0 radical (unpaired) electrons. The molecule has 0 fully saturated rings. The summed E-state index contributed by atoms with van der Waals surface area (Å²) in [6.07, 6.45) is 0. The minimum atomic E-state index is 0.703. The molecule has 0 bridgehead atoms. The fraction of sp³-hybridized carbons (Fsp3) is 0. The Morgan fingerprint density at radius 1 is 0.372 bits per heavy atom. The highest BCUT2D eigenvalue weighted by Crippen LogP contribution is 2.37. The lowest BCUT2D eigenvalue weighted by atomic mass is 9.94. The van der Waals surface area contributed by atoms with Gasteiger partial charge in [-0.25, -0.2) is 9.97 Å². The van der Waals surface area contributed by atoms with Crippen LogP contribution in [-0.2, 0) is 0 Å². The molecule has 3 heteroatoms. The van der Waals surface area contributed by atoms with Crippen LogP contribution in [0.2, 0.25) is 0 Å². The molecule has 0 amide bonds. The lowest BCUT2D eigenvalue weighted by Gasteiger charge is -2.13. The average Bonchev–Trinajstić information content (AvgIpc) is 3.45. The third kappa shape index (κ3) is 3.90. The number of fused-ring (bicyclic) bond motifs is 7. The molecule has 2 heterocycles. The van der Waals surface area contributed by atoms with Gasteiger partial charge in [-0.3, -0.25) is 0 Å². The number of hydrogen-bond donors (Lipinski definition) is 0. The summed E-state index contributed by atoms with van der Waals surface area (Å²) in [5.74, 6) is 0.703. The van der Waals surface area contributed by atoms with Gasteiger partial charge in [0.2, 0.25) is 0 Å². The molecule has 9 rings (SSSR count). The molecule has 0 N–H and O–H groups in total. The highest BCUT2D eigenvalue weighted by molar-refractivity contribution is 6.15. The van der Waals surface area contributed by atoms with Gasteiger partial charge in [0, 0.05) is 27.5 Å². The van der Waals surface area contributed by atoms with Gasteiger partial charge in [-0.15, -0.1) is 0 Å². The third-order valence-electron chi connectivity index (χ3n) is 8.45. The van der Waals surface area contributed by atoms with Crippen molar-refractivity contribution in [2.24, 2.45) is 0 Å². The number of furan rings is 1. The Kier molecular flexibility index (Phi) is 5.20. The number of para-hydroxylation sites is 1. The van der Waals surface area contributed by atoms with Crippen LogP contribution in [-0.4, -0.2) is 9.97 Å². The summed E-state index contributed by atoms with van der Waals surface area (Å²) in [6, 6.07) is 50.9. The van der Waals surface area contributed by atoms with Crippen LogP contribution in [0.1, 0.15) is 0 Å². The fourth-order valence-corrected chi connectivity index (χ4v) is 6.34. The minimum absolute atomic E-state index is 0.703. The Morgan fingerprint density at radius 3 is 2.02 bits per heavy atom. The molecule has 3 nitrogen and oxygen atoms in total. The molecule has 7 aromatic carbocycles. The van der Waals surface area contributed by atoms with E-state index in [1.807, 2.05) is 42.5 Å². The van der Waals surface area contributed by atoms with Crippen molar-refractivity contribution in [1.82, 2.24) is 9.97 Å². The van der Waals surface area contributed by atoms with Gasteiger partial charge in [-0.1, -0.05) is 103 Å². The van der Waals surface area contributed by atoms with E-state index in [9.17, 15) is 0 Å². The molecular formula is C40H24N2O. The lowest BCUT2D eigenvalue weighted by Crippen LogP contribution is -1.96. The molecule has 9 aromatic rings. The summed E-state index contributed by atoms with van der Waals surface area (Å²) < 4.78 is 6.11. The van der Waals surface area contributed by atoms with Gasteiger partial charge in [0.1, 0.15) is 11.2 Å². The van der Waals surface area contributed by atoms with Gasteiger partial charge >= 0.3 is 0 Å². The molecule has 0 aliphatic rings. The predicted molar refractivity (Wildman–Crippen MR) is 178 cm³/mol. The van der Waals surface area contributed by atoms with E-state index in [-0.39, 0.29) is 0 Å².